The molecule has 0 aliphatic carbocycles. The summed E-state index contributed by atoms with van der Waals surface area (Å²) in [6, 6.07) is 17.9. The molecule has 2 aromatic carbocycles. The molecule has 0 bridgehead atoms. The van der Waals surface area contributed by atoms with Gasteiger partial charge in [0.25, 0.3) is 0 Å². The van der Waals surface area contributed by atoms with Crippen LogP contribution in [0.4, 0.5) is 0 Å². The predicted octanol–water partition coefficient (Wildman–Crippen LogP) is 0.346. The molecular weight excluding hydrogens is 406 g/mol. The highest BCUT2D eigenvalue weighted by atomic mass is 79.9. The van der Waals surface area contributed by atoms with Crippen LogP contribution in [0.5, 0.6) is 0 Å². The number of ether oxygens (including phenoxy) is 1. The van der Waals surface area contributed by atoms with E-state index in [1.54, 1.807) is 48.5 Å². The average Bonchev–Trinajstić information content (AvgIpc) is 2.67. The van der Waals surface area contributed by atoms with Crippen molar-refractivity contribution in [1.82, 2.24) is 0 Å². The number of quaternary nitrogens is 1. The Morgan fingerprint density at radius 2 is 1.44 bits per heavy atom. The standard InChI is InChI=1S/C22H30NO3.BrH/c1-4-5-16-23(2,3)17-18-26-21(24)22(25,19-12-8-6-9-13-19)20-14-10-7-11-15-20;/h6-15,25H,4-5,16-18H2,1-3H3;1H/q+1;/p-1. The van der Waals surface area contributed by atoms with Gasteiger partial charge in [-0.2, -0.15) is 0 Å². The first-order chi connectivity index (χ1) is 12.4. The average molecular weight is 436 g/mol. The molecule has 0 aliphatic rings. The molecule has 5 heteroatoms. The van der Waals surface area contributed by atoms with Gasteiger partial charge >= 0.3 is 5.97 Å². The van der Waals surface area contributed by atoms with Crippen LogP contribution in [0.15, 0.2) is 60.7 Å². The second-order valence-corrected chi connectivity index (χ2v) is 7.31. The Balaban J connectivity index is 0.00000364. The van der Waals surface area contributed by atoms with E-state index >= 15 is 0 Å². The summed E-state index contributed by atoms with van der Waals surface area (Å²) >= 11 is 0. The Morgan fingerprint density at radius 1 is 0.963 bits per heavy atom. The number of hydrogen-bond donors (Lipinski definition) is 1. The monoisotopic (exact) mass is 435 g/mol. The number of rotatable bonds is 9. The number of nitrogens with zero attached hydrogens (tertiary/aromatic N) is 1. The molecule has 0 heterocycles. The molecule has 0 spiro atoms. The van der Waals surface area contributed by atoms with E-state index in [0.29, 0.717) is 17.7 Å². The van der Waals surface area contributed by atoms with Gasteiger partial charge in [-0.15, -0.1) is 0 Å². The van der Waals surface area contributed by atoms with Crippen molar-refractivity contribution < 1.29 is 36.1 Å². The number of benzene rings is 2. The van der Waals surface area contributed by atoms with Gasteiger partial charge in [0.15, 0.2) is 0 Å². The first-order valence-electron chi connectivity index (χ1n) is 9.23. The van der Waals surface area contributed by atoms with Crippen molar-refractivity contribution in [3.05, 3.63) is 71.8 Å². The highest BCUT2D eigenvalue weighted by Crippen LogP contribution is 2.31. The molecule has 0 atom stereocenters. The summed E-state index contributed by atoms with van der Waals surface area (Å²) in [7, 11) is 4.26. The summed E-state index contributed by atoms with van der Waals surface area (Å²) in [4.78, 5) is 12.9. The summed E-state index contributed by atoms with van der Waals surface area (Å²) in [6.07, 6.45) is 2.28. The van der Waals surface area contributed by atoms with Crippen molar-refractivity contribution in [2.24, 2.45) is 0 Å². The molecule has 0 aliphatic heterocycles. The Labute approximate surface area is 173 Å². The van der Waals surface area contributed by atoms with Crippen LogP contribution < -0.4 is 17.0 Å². The van der Waals surface area contributed by atoms with Gasteiger partial charge in [0.1, 0.15) is 13.2 Å². The summed E-state index contributed by atoms with van der Waals surface area (Å²) in [5, 5.41) is 11.3. The van der Waals surface area contributed by atoms with E-state index in [9.17, 15) is 9.90 Å². The summed E-state index contributed by atoms with van der Waals surface area (Å²) in [5.41, 5.74) is -0.782. The maximum Gasteiger partial charge on any atom is 0.347 e. The van der Waals surface area contributed by atoms with Crippen LogP contribution in [0.3, 0.4) is 0 Å². The molecule has 0 radical (unpaired) electrons. The summed E-state index contributed by atoms with van der Waals surface area (Å²) < 4.78 is 6.32. The predicted molar refractivity (Wildman–Crippen MR) is 104 cm³/mol. The minimum Gasteiger partial charge on any atom is -1.00 e. The third-order valence-electron chi connectivity index (χ3n) is 4.73. The van der Waals surface area contributed by atoms with Crippen molar-refractivity contribution in [2.45, 2.75) is 25.4 Å². The van der Waals surface area contributed by atoms with Gasteiger partial charge in [-0.3, -0.25) is 0 Å². The molecule has 0 saturated carbocycles. The lowest BCUT2D eigenvalue weighted by atomic mass is 9.86. The molecule has 148 valence electrons. The van der Waals surface area contributed by atoms with E-state index in [4.69, 9.17) is 4.74 Å². The maximum atomic E-state index is 12.9. The number of unbranched alkanes of at least 4 members (excludes halogenated alkanes) is 1. The van der Waals surface area contributed by atoms with Crippen LogP contribution >= 0.6 is 0 Å². The Bertz CT molecular complexity index is 650. The van der Waals surface area contributed by atoms with Gasteiger partial charge in [0, 0.05) is 0 Å². The first-order valence-corrected chi connectivity index (χ1v) is 9.23. The molecule has 0 saturated heterocycles. The number of likely N-dealkylation sites (N-methyl/N-ethyl adjacent to an activating group) is 1. The largest absolute Gasteiger partial charge is 1.00 e. The van der Waals surface area contributed by atoms with Gasteiger partial charge in [0.05, 0.1) is 20.6 Å². The topological polar surface area (TPSA) is 46.5 Å². The fourth-order valence-corrected chi connectivity index (χ4v) is 2.95. The van der Waals surface area contributed by atoms with Crippen LogP contribution in [0.2, 0.25) is 0 Å². The van der Waals surface area contributed by atoms with Gasteiger partial charge in [-0.1, -0.05) is 74.0 Å². The van der Waals surface area contributed by atoms with Gasteiger partial charge < -0.3 is 31.3 Å². The lowest BCUT2D eigenvalue weighted by Crippen LogP contribution is -3.00. The van der Waals surface area contributed by atoms with Crippen molar-refractivity contribution in [3.8, 4) is 0 Å². The van der Waals surface area contributed by atoms with Gasteiger partial charge in [-0.05, 0) is 17.5 Å². The summed E-state index contributed by atoms with van der Waals surface area (Å²) in [5.74, 6) is -0.634. The highest BCUT2D eigenvalue weighted by molar-refractivity contribution is 5.85. The van der Waals surface area contributed by atoms with Crippen LogP contribution in [-0.2, 0) is 15.1 Å². The number of carbonyl (C=O) groups is 1. The molecule has 0 aromatic heterocycles. The van der Waals surface area contributed by atoms with E-state index in [1.807, 2.05) is 12.1 Å². The molecule has 1 N–H and O–H groups in total. The van der Waals surface area contributed by atoms with E-state index in [-0.39, 0.29) is 23.6 Å². The lowest BCUT2D eigenvalue weighted by molar-refractivity contribution is -0.890. The zero-order chi connectivity index (χ0) is 19.0. The maximum absolute atomic E-state index is 12.9. The smallest absolute Gasteiger partial charge is 0.347 e. The number of esters is 1. The second-order valence-electron chi connectivity index (χ2n) is 7.31. The van der Waals surface area contributed by atoms with Gasteiger partial charge in [0.2, 0.25) is 5.60 Å². The molecule has 0 amide bonds. The first kappa shape index (κ1) is 23.3. The second kappa shape index (κ2) is 10.6. The lowest BCUT2D eigenvalue weighted by Gasteiger charge is -2.31. The summed E-state index contributed by atoms with van der Waals surface area (Å²) in [6.45, 7) is 4.19. The number of aliphatic hydroxyl groups is 1. The normalized spacial score (nSPS) is 11.6. The fraction of sp³-hybridized carbons (Fsp3) is 0.409. The van der Waals surface area contributed by atoms with Crippen molar-refractivity contribution in [1.29, 1.82) is 0 Å². The quantitative estimate of drug-likeness (QED) is 0.456. The van der Waals surface area contributed by atoms with Crippen LogP contribution in [0.1, 0.15) is 30.9 Å². The van der Waals surface area contributed by atoms with E-state index in [2.05, 4.69) is 21.0 Å². The molecule has 2 rings (SSSR count). The Morgan fingerprint density at radius 3 is 1.89 bits per heavy atom. The zero-order valence-corrected chi connectivity index (χ0v) is 18.0. The Kier molecular flexibility index (Phi) is 9.16. The minimum absolute atomic E-state index is 0. The van der Waals surface area contributed by atoms with Crippen molar-refractivity contribution in [3.63, 3.8) is 0 Å². The number of carbonyl (C=O) groups excluding carboxylic acids is 1. The highest BCUT2D eigenvalue weighted by Gasteiger charge is 2.41. The fourth-order valence-electron chi connectivity index (χ4n) is 2.95. The number of halogens is 1. The number of hydrogen-bond acceptors (Lipinski definition) is 3. The molecule has 0 unspecified atom stereocenters. The van der Waals surface area contributed by atoms with E-state index in [1.165, 1.54) is 0 Å². The van der Waals surface area contributed by atoms with E-state index in [0.717, 1.165) is 23.9 Å². The van der Waals surface area contributed by atoms with E-state index < -0.39 is 11.6 Å². The minimum atomic E-state index is -1.80. The van der Waals surface area contributed by atoms with Gasteiger partial charge in [-0.25, -0.2) is 4.79 Å². The van der Waals surface area contributed by atoms with Crippen LogP contribution in [0, 0.1) is 0 Å². The molecule has 27 heavy (non-hydrogen) atoms. The van der Waals surface area contributed by atoms with Crippen LogP contribution in [-0.4, -0.2) is 49.4 Å². The van der Waals surface area contributed by atoms with Crippen molar-refractivity contribution in [2.75, 3.05) is 33.8 Å². The third-order valence-corrected chi connectivity index (χ3v) is 4.73. The molecule has 4 nitrogen and oxygen atoms in total. The molecular formula is C22H30BrNO3. The Hall–Kier alpha value is -1.69. The zero-order valence-electron chi connectivity index (χ0n) is 16.4. The van der Waals surface area contributed by atoms with Crippen LogP contribution in [0.25, 0.3) is 0 Å². The third kappa shape index (κ3) is 6.16. The molecule has 0 fully saturated rings. The molecule has 2 aromatic rings. The van der Waals surface area contributed by atoms with Crippen molar-refractivity contribution >= 4 is 5.97 Å². The SMILES string of the molecule is CCCC[N+](C)(C)CCOC(=O)C(O)(c1ccccc1)c1ccccc1.[Br-].